The van der Waals surface area contributed by atoms with Crippen LogP contribution in [0.1, 0.15) is 0 Å². The summed E-state index contributed by atoms with van der Waals surface area (Å²) in [5, 5.41) is 21.3. The first-order valence-electron chi connectivity index (χ1n) is 4.87. The summed E-state index contributed by atoms with van der Waals surface area (Å²) in [5.41, 5.74) is 0. The van der Waals surface area contributed by atoms with Crippen molar-refractivity contribution in [2.75, 3.05) is 14.2 Å². The molecule has 0 aliphatic carbocycles. The van der Waals surface area contributed by atoms with Crippen molar-refractivity contribution >= 4 is 16.5 Å². The molecule has 0 aromatic heterocycles. The molecule has 0 aliphatic heterocycles. The fraction of sp³-hybridized carbons (Fsp3) is 0.750. The van der Waals surface area contributed by atoms with Gasteiger partial charge >= 0.3 is 128 Å². The van der Waals surface area contributed by atoms with Crippen LogP contribution in [-0.4, -0.2) is 26.4 Å². The second kappa shape index (κ2) is 12.9. The first kappa shape index (κ1) is 17.5. The average Bonchev–Trinajstić information content (AvgIpc) is 2.31. The maximum atomic E-state index is 8.49. The molecular formula is C8H12Hg2N2O2S2. The van der Waals surface area contributed by atoms with E-state index < -0.39 is 46.1 Å². The molecule has 0 heterocycles. The molecule has 16 heavy (non-hydrogen) atoms. The van der Waals surface area contributed by atoms with Crippen molar-refractivity contribution in [1.82, 2.24) is 0 Å². The van der Waals surface area contributed by atoms with Gasteiger partial charge in [-0.05, 0) is 0 Å². The Morgan fingerprint density at radius 1 is 1.00 bits per heavy atom. The molecule has 0 fully saturated rings. The number of hydrogen-bond acceptors (Lipinski definition) is 6. The van der Waals surface area contributed by atoms with E-state index in [-0.39, 0.29) is 12.2 Å². The van der Waals surface area contributed by atoms with Gasteiger partial charge in [0.15, 0.2) is 0 Å². The molecule has 0 N–H and O–H groups in total. The van der Waals surface area contributed by atoms with Gasteiger partial charge in [-0.1, -0.05) is 0 Å². The summed E-state index contributed by atoms with van der Waals surface area (Å²) in [6.45, 7) is 0. The maximum absolute atomic E-state index is 8.49. The van der Waals surface area contributed by atoms with E-state index in [2.05, 4.69) is 10.8 Å². The van der Waals surface area contributed by atoms with Gasteiger partial charge in [0.05, 0.1) is 0 Å². The molecule has 0 bridgehead atoms. The van der Waals surface area contributed by atoms with Crippen LogP contribution in [0.3, 0.4) is 0 Å². The van der Waals surface area contributed by atoms with E-state index in [4.69, 9.17) is 20.0 Å². The average molecular weight is 634 g/mol. The van der Waals surface area contributed by atoms with Crippen molar-refractivity contribution in [1.29, 1.82) is 10.5 Å². The monoisotopic (exact) mass is 636 g/mol. The molecule has 8 heteroatoms. The zero-order chi connectivity index (χ0) is 12.2. The molecule has 4 nitrogen and oxygen atoms in total. The molecule has 0 aliphatic rings. The Morgan fingerprint density at radius 2 is 1.38 bits per heavy atom. The van der Waals surface area contributed by atoms with E-state index in [1.807, 2.05) is 0 Å². The number of hydrogen-bond donors (Lipinski definition) is 0. The normalized spacial score (nSPS) is 12.8. The van der Waals surface area contributed by atoms with Gasteiger partial charge in [-0.2, -0.15) is 0 Å². The van der Waals surface area contributed by atoms with Crippen LogP contribution in [0.15, 0.2) is 0 Å². The van der Waals surface area contributed by atoms with Gasteiger partial charge < -0.3 is 0 Å². The number of methoxy groups -OCH3 is 2. The summed E-state index contributed by atoms with van der Waals surface area (Å²) in [6.07, 6.45) is 0.290. The molecule has 0 amide bonds. The van der Waals surface area contributed by atoms with Gasteiger partial charge in [0.1, 0.15) is 0 Å². The van der Waals surface area contributed by atoms with Crippen LogP contribution in [-0.2, 0) is 55.6 Å². The molecule has 0 aromatic carbocycles. The summed E-state index contributed by atoms with van der Waals surface area (Å²) in [5.74, 6) is 0. The molecule has 2 atom stereocenters. The van der Waals surface area contributed by atoms with Crippen LogP contribution < -0.4 is 0 Å². The van der Waals surface area contributed by atoms with Crippen molar-refractivity contribution in [2.24, 2.45) is 0 Å². The molecule has 0 saturated carbocycles. The molecule has 0 rings (SSSR count). The minimum atomic E-state index is -1.14. The molecule has 0 aromatic rings. The number of nitrogens with zero attached hydrogens (tertiary/aromatic N) is 2. The second-order valence-corrected chi connectivity index (χ2v) is 25.5. The third-order valence-electron chi connectivity index (χ3n) is 2.16. The Hall–Kier alpha value is 1.47. The summed E-state index contributed by atoms with van der Waals surface area (Å²) in [6, 6.07) is 0. The van der Waals surface area contributed by atoms with Crippen LogP contribution in [0.4, 0.5) is 0 Å². The van der Waals surface area contributed by atoms with Crippen LogP contribution >= 0.6 is 16.5 Å². The Bertz CT molecular complexity index is 231. The van der Waals surface area contributed by atoms with E-state index >= 15 is 0 Å². The summed E-state index contributed by atoms with van der Waals surface area (Å²) < 4.78 is 12.9. The molecular weight excluding hydrogens is 621 g/mol. The number of ether oxygens (including phenoxy) is 2. The van der Waals surface area contributed by atoms with Crippen LogP contribution in [0.5, 0.6) is 0 Å². The van der Waals surface area contributed by atoms with Crippen molar-refractivity contribution in [3.63, 3.8) is 0 Å². The van der Waals surface area contributed by atoms with Crippen molar-refractivity contribution in [2.45, 2.75) is 20.1 Å². The summed E-state index contributed by atoms with van der Waals surface area (Å²) in [7, 11) is 6.33. The molecule has 82 valence electrons. The first-order chi connectivity index (χ1) is 7.79. The van der Waals surface area contributed by atoms with Crippen molar-refractivity contribution in [3.8, 4) is 10.8 Å². The predicted molar refractivity (Wildman–Crippen MR) is 57.6 cm³/mol. The van der Waals surface area contributed by atoms with Gasteiger partial charge in [0.25, 0.3) is 0 Å². The second-order valence-electron chi connectivity index (χ2n) is 3.01. The van der Waals surface area contributed by atoms with Crippen LogP contribution in [0.25, 0.3) is 0 Å². The minimum absolute atomic E-state index is 0.145. The van der Waals surface area contributed by atoms with E-state index in [0.717, 1.165) is 7.86 Å². The standard InChI is InChI=1S/C6H12O2.2CHNS.2Hg/c1-5(7-3)6(2)8-4;2*2-1-3;;/h5-6H,1-2H2,3-4H3;2*3H;;/q;;;2*+1/p-2. The van der Waals surface area contributed by atoms with Crippen LogP contribution in [0, 0.1) is 21.3 Å². The Morgan fingerprint density at radius 3 is 1.62 bits per heavy atom. The molecule has 0 spiro atoms. The Kier molecular flexibility index (Phi) is 14.1. The van der Waals surface area contributed by atoms with Crippen LogP contribution in [0.2, 0.25) is 7.86 Å². The topological polar surface area (TPSA) is 66.0 Å². The summed E-state index contributed by atoms with van der Waals surface area (Å²) >= 11 is -2.27. The third-order valence-corrected chi connectivity index (χ3v) is 21.0. The Balaban J connectivity index is 3.96. The number of thiocyanates is 2. The fourth-order valence-corrected chi connectivity index (χ4v) is 17.3. The van der Waals surface area contributed by atoms with E-state index in [1.165, 1.54) is 16.5 Å². The van der Waals surface area contributed by atoms with Gasteiger partial charge in [-0.15, -0.1) is 0 Å². The number of nitriles is 2. The number of rotatable bonds is 9. The first-order valence-corrected chi connectivity index (χ1v) is 28.1. The predicted octanol–water partition coefficient (Wildman–Crippen LogP) is 2.28. The molecule has 0 saturated heterocycles. The van der Waals surface area contributed by atoms with Gasteiger partial charge in [0.2, 0.25) is 0 Å². The molecule has 2 unspecified atom stereocenters. The quantitative estimate of drug-likeness (QED) is 0.221. The van der Waals surface area contributed by atoms with E-state index in [0.29, 0.717) is 0 Å². The summed E-state index contributed by atoms with van der Waals surface area (Å²) in [4.78, 5) is 0. The zero-order valence-electron chi connectivity index (χ0n) is 9.51. The SMILES string of the molecule is COC([CH2][Hg][S]C#N)C([CH2][Hg][S]C#N)OC. The van der Waals surface area contributed by atoms with Gasteiger partial charge in [-0.25, -0.2) is 0 Å². The van der Waals surface area contributed by atoms with Crippen molar-refractivity contribution < 1.29 is 55.6 Å². The van der Waals surface area contributed by atoms with E-state index in [1.54, 1.807) is 14.2 Å². The third kappa shape index (κ3) is 8.54. The van der Waals surface area contributed by atoms with Crippen molar-refractivity contribution in [3.05, 3.63) is 0 Å². The van der Waals surface area contributed by atoms with Gasteiger partial charge in [0, 0.05) is 0 Å². The Labute approximate surface area is 126 Å². The zero-order valence-corrected chi connectivity index (χ0v) is 22.1. The van der Waals surface area contributed by atoms with E-state index in [9.17, 15) is 0 Å². The van der Waals surface area contributed by atoms with Gasteiger partial charge in [-0.3, -0.25) is 0 Å². The molecule has 0 radical (unpaired) electrons. The fourth-order valence-electron chi connectivity index (χ4n) is 1.35.